The van der Waals surface area contributed by atoms with Gasteiger partial charge in [-0.3, -0.25) is 0 Å². The van der Waals surface area contributed by atoms with Crippen molar-refractivity contribution in [2.24, 2.45) is 5.92 Å². The lowest BCUT2D eigenvalue weighted by Gasteiger charge is -2.39. The maximum Gasteiger partial charge on any atom is 0.460 e. The summed E-state index contributed by atoms with van der Waals surface area (Å²) >= 11 is 0. The standard InChI is InChI=1S/C31H32F13NO3/c32-26(33,27(34,35)28(36,37)29(38,39)30(40,41)31(42,43)44)18-46-24-15-13-21(17-45-24)20-12-14-22-23(16-20)48-25(47-22)9-7-5-3-1-2-4-6-8-19-10-11-19/h12-17,19,25H,1-11,18H2. The summed E-state index contributed by atoms with van der Waals surface area (Å²) in [5.74, 6) is -36.5. The Morgan fingerprint density at radius 3 is 1.71 bits per heavy atom. The molecule has 0 spiro atoms. The first-order chi connectivity index (χ1) is 22.2. The molecule has 1 saturated carbocycles. The van der Waals surface area contributed by atoms with E-state index in [1.165, 1.54) is 51.0 Å². The van der Waals surface area contributed by atoms with E-state index < -0.39 is 54.6 Å². The molecule has 48 heavy (non-hydrogen) atoms. The number of alkyl halides is 13. The lowest BCUT2D eigenvalue weighted by molar-refractivity contribution is -0.440. The van der Waals surface area contributed by atoms with Crippen LogP contribution in [0.4, 0.5) is 57.1 Å². The summed E-state index contributed by atoms with van der Waals surface area (Å²) in [5.41, 5.74) is 0.759. The molecule has 1 unspecified atom stereocenters. The summed E-state index contributed by atoms with van der Waals surface area (Å²) in [5, 5.41) is 0. The topological polar surface area (TPSA) is 40.6 Å². The molecule has 1 aromatic carbocycles. The third-order valence-corrected chi connectivity index (χ3v) is 8.18. The quantitative estimate of drug-likeness (QED) is 0.114. The van der Waals surface area contributed by atoms with Crippen LogP contribution in [0.1, 0.15) is 70.6 Å². The molecule has 1 fully saturated rings. The SMILES string of the molecule is FC(F)(F)C(F)(F)C(F)(F)C(F)(F)C(F)(F)C(F)(F)COc1ccc(-c2ccc3c(c2)OC(CCCCCCCCCC2CC2)O3)cn1. The van der Waals surface area contributed by atoms with Crippen molar-refractivity contribution < 1.29 is 71.3 Å². The number of benzene rings is 1. The van der Waals surface area contributed by atoms with Crippen molar-refractivity contribution in [2.45, 2.75) is 113 Å². The second-order valence-corrected chi connectivity index (χ2v) is 12.0. The number of rotatable bonds is 18. The molecule has 270 valence electrons. The van der Waals surface area contributed by atoms with Crippen LogP contribution in [0.15, 0.2) is 36.5 Å². The number of fused-ring (bicyclic) bond motifs is 1. The third-order valence-electron chi connectivity index (χ3n) is 8.18. The van der Waals surface area contributed by atoms with Crippen molar-refractivity contribution in [3.8, 4) is 28.5 Å². The Balaban J connectivity index is 1.27. The molecule has 0 N–H and O–H groups in total. The van der Waals surface area contributed by atoms with E-state index in [1.54, 1.807) is 18.2 Å². The number of aromatic nitrogens is 1. The van der Waals surface area contributed by atoms with Crippen LogP contribution in [0.2, 0.25) is 0 Å². The van der Waals surface area contributed by atoms with Crippen LogP contribution in [0.5, 0.6) is 17.4 Å². The molecule has 0 amide bonds. The van der Waals surface area contributed by atoms with E-state index in [4.69, 9.17) is 9.47 Å². The molecule has 4 rings (SSSR count). The van der Waals surface area contributed by atoms with Gasteiger partial charge in [0.25, 0.3) is 0 Å². The van der Waals surface area contributed by atoms with Gasteiger partial charge < -0.3 is 14.2 Å². The first-order valence-electron chi connectivity index (χ1n) is 15.2. The second kappa shape index (κ2) is 14.0. The molecule has 4 nitrogen and oxygen atoms in total. The van der Waals surface area contributed by atoms with Gasteiger partial charge >= 0.3 is 35.8 Å². The Labute approximate surface area is 266 Å². The largest absolute Gasteiger partial charge is 0.471 e. The molecule has 0 saturated heterocycles. The fraction of sp³-hybridized carbons (Fsp3) is 0.645. The summed E-state index contributed by atoms with van der Waals surface area (Å²) in [6.45, 7) is -2.83. The van der Waals surface area contributed by atoms with Gasteiger partial charge in [0.2, 0.25) is 12.2 Å². The highest BCUT2D eigenvalue weighted by Gasteiger charge is 2.90. The van der Waals surface area contributed by atoms with Gasteiger partial charge in [-0.1, -0.05) is 63.9 Å². The minimum absolute atomic E-state index is 0.298. The van der Waals surface area contributed by atoms with Crippen molar-refractivity contribution in [2.75, 3.05) is 6.61 Å². The number of hydrogen-bond donors (Lipinski definition) is 0. The summed E-state index contributed by atoms with van der Waals surface area (Å²) < 4.78 is 189. The molecule has 1 aromatic heterocycles. The summed E-state index contributed by atoms with van der Waals surface area (Å²) in [4.78, 5) is 3.55. The van der Waals surface area contributed by atoms with Gasteiger partial charge in [0.15, 0.2) is 18.1 Å². The van der Waals surface area contributed by atoms with E-state index in [0.29, 0.717) is 29.0 Å². The predicted octanol–water partition coefficient (Wildman–Crippen LogP) is 10.9. The van der Waals surface area contributed by atoms with E-state index in [1.807, 2.05) is 0 Å². The van der Waals surface area contributed by atoms with E-state index in [2.05, 4.69) is 9.72 Å². The van der Waals surface area contributed by atoms with E-state index in [9.17, 15) is 57.1 Å². The minimum Gasteiger partial charge on any atom is -0.471 e. The van der Waals surface area contributed by atoms with Crippen molar-refractivity contribution in [1.29, 1.82) is 0 Å². The van der Waals surface area contributed by atoms with Crippen molar-refractivity contribution in [3.05, 3.63) is 36.5 Å². The fourth-order valence-electron chi connectivity index (χ4n) is 5.03. The summed E-state index contributed by atoms with van der Waals surface area (Å²) in [7, 11) is 0. The van der Waals surface area contributed by atoms with Crippen LogP contribution in [-0.4, -0.2) is 53.7 Å². The Bertz CT molecular complexity index is 1360. The number of halogens is 13. The zero-order valence-corrected chi connectivity index (χ0v) is 25.2. The normalized spacial score (nSPS) is 17.6. The van der Waals surface area contributed by atoms with Crippen LogP contribution in [0.3, 0.4) is 0 Å². The molecule has 1 atom stereocenters. The van der Waals surface area contributed by atoms with Gasteiger partial charge in [-0.15, -0.1) is 0 Å². The monoisotopic (exact) mass is 713 g/mol. The van der Waals surface area contributed by atoms with Crippen LogP contribution < -0.4 is 14.2 Å². The number of nitrogens with zero attached hydrogens (tertiary/aromatic N) is 1. The van der Waals surface area contributed by atoms with Crippen LogP contribution in [-0.2, 0) is 0 Å². The Morgan fingerprint density at radius 1 is 0.604 bits per heavy atom. The molecular formula is C31H32F13NO3. The molecule has 2 heterocycles. The Morgan fingerprint density at radius 2 is 1.15 bits per heavy atom. The summed E-state index contributed by atoms with van der Waals surface area (Å²) in [6.07, 6.45) is 5.75. The van der Waals surface area contributed by atoms with Crippen LogP contribution in [0, 0.1) is 5.92 Å². The predicted molar refractivity (Wildman–Crippen MR) is 145 cm³/mol. The van der Waals surface area contributed by atoms with Crippen molar-refractivity contribution in [1.82, 2.24) is 4.98 Å². The smallest absolute Gasteiger partial charge is 0.460 e. The average molecular weight is 714 g/mol. The number of pyridine rings is 1. The highest BCUT2D eigenvalue weighted by molar-refractivity contribution is 5.67. The van der Waals surface area contributed by atoms with Gasteiger partial charge in [0, 0.05) is 24.2 Å². The van der Waals surface area contributed by atoms with Crippen LogP contribution in [0.25, 0.3) is 11.1 Å². The van der Waals surface area contributed by atoms with Gasteiger partial charge in [0.1, 0.15) is 0 Å². The van der Waals surface area contributed by atoms with E-state index >= 15 is 0 Å². The second-order valence-electron chi connectivity index (χ2n) is 12.0. The van der Waals surface area contributed by atoms with Gasteiger partial charge in [-0.2, -0.15) is 57.1 Å². The van der Waals surface area contributed by atoms with Gasteiger partial charge in [0.05, 0.1) is 0 Å². The average Bonchev–Trinajstić information content (AvgIpc) is 3.75. The van der Waals surface area contributed by atoms with Crippen molar-refractivity contribution >= 4 is 0 Å². The fourth-order valence-corrected chi connectivity index (χ4v) is 5.03. The minimum atomic E-state index is -7.97. The molecule has 1 aliphatic carbocycles. The zero-order valence-electron chi connectivity index (χ0n) is 25.2. The zero-order chi connectivity index (χ0) is 35.6. The Hall–Kier alpha value is -3.14. The molecule has 0 bridgehead atoms. The maximum atomic E-state index is 14.0. The highest BCUT2D eigenvalue weighted by Crippen LogP contribution is 2.60. The maximum absolute atomic E-state index is 14.0. The van der Waals surface area contributed by atoms with E-state index in [0.717, 1.165) is 37.4 Å². The molecule has 2 aromatic rings. The first kappa shape index (κ1) is 37.7. The van der Waals surface area contributed by atoms with Crippen LogP contribution >= 0.6 is 0 Å². The number of hydrogen-bond acceptors (Lipinski definition) is 4. The van der Waals surface area contributed by atoms with Crippen molar-refractivity contribution in [3.63, 3.8) is 0 Å². The first-order valence-corrected chi connectivity index (χ1v) is 15.2. The molecule has 2 aliphatic rings. The summed E-state index contributed by atoms with van der Waals surface area (Å²) in [6, 6.07) is 6.74. The Kier molecular flexibility index (Phi) is 11.0. The number of ether oxygens (including phenoxy) is 3. The number of unbranched alkanes of at least 4 members (excludes halogenated alkanes) is 6. The molecule has 0 radical (unpaired) electrons. The third kappa shape index (κ3) is 7.84. The molecule has 1 aliphatic heterocycles. The lowest BCUT2D eigenvalue weighted by atomic mass is 9.94. The van der Waals surface area contributed by atoms with E-state index in [-0.39, 0.29) is 0 Å². The molecule has 17 heteroatoms. The van der Waals surface area contributed by atoms with Gasteiger partial charge in [-0.05, 0) is 36.1 Å². The van der Waals surface area contributed by atoms with Gasteiger partial charge in [-0.25, -0.2) is 4.98 Å². The highest BCUT2D eigenvalue weighted by atomic mass is 19.4. The molecular weight excluding hydrogens is 681 g/mol. The lowest BCUT2D eigenvalue weighted by Crippen LogP contribution is -2.70.